The van der Waals surface area contributed by atoms with Crippen molar-refractivity contribution in [1.29, 1.82) is 0 Å². The highest BCUT2D eigenvalue weighted by Crippen LogP contribution is 2.23. The summed E-state index contributed by atoms with van der Waals surface area (Å²) < 4.78 is 5.26. The second-order valence-corrected chi connectivity index (χ2v) is 3.44. The zero-order chi connectivity index (χ0) is 10.6. The van der Waals surface area contributed by atoms with Crippen molar-refractivity contribution in [2.24, 2.45) is 5.73 Å². The van der Waals surface area contributed by atoms with E-state index in [0.29, 0.717) is 0 Å². The zero-order valence-electron chi connectivity index (χ0n) is 9.21. The van der Waals surface area contributed by atoms with Crippen LogP contribution in [-0.2, 0) is 6.42 Å². The van der Waals surface area contributed by atoms with Crippen molar-refractivity contribution in [2.45, 2.75) is 32.7 Å². The molecule has 1 rings (SSSR count). The predicted molar refractivity (Wildman–Crippen MR) is 59.6 cm³/mol. The molecule has 0 spiro atoms. The van der Waals surface area contributed by atoms with Gasteiger partial charge in [0.1, 0.15) is 5.75 Å². The molecule has 1 aromatic carbocycles. The molecule has 2 N–H and O–H groups in total. The van der Waals surface area contributed by atoms with Crippen LogP contribution in [0.15, 0.2) is 18.2 Å². The molecule has 1 unspecified atom stereocenters. The van der Waals surface area contributed by atoms with E-state index in [9.17, 15) is 0 Å². The van der Waals surface area contributed by atoms with E-state index in [-0.39, 0.29) is 6.04 Å². The number of benzene rings is 1. The van der Waals surface area contributed by atoms with E-state index < -0.39 is 0 Å². The number of hydrogen-bond donors (Lipinski definition) is 1. The number of nitrogens with two attached hydrogens (primary N) is 1. The van der Waals surface area contributed by atoms with Crippen LogP contribution < -0.4 is 10.5 Å². The van der Waals surface area contributed by atoms with Gasteiger partial charge in [-0.2, -0.15) is 0 Å². The maximum absolute atomic E-state index is 5.97. The first-order chi connectivity index (χ1) is 6.72. The minimum absolute atomic E-state index is 0.145. The summed E-state index contributed by atoms with van der Waals surface area (Å²) in [4.78, 5) is 0. The lowest BCUT2D eigenvalue weighted by Gasteiger charge is -2.13. The first-order valence-electron chi connectivity index (χ1n) is 5.15. The summed E-state index contributed by atoms with van der Waals surface area (Å²) in [5, 5.41) is 0. The fraction of sp³-hybridized carbons (Fsp3) is 0.500. The summed E-state index contributed by atoms with van der Waals surface area (Å²) in [5.41, 5.74) is 8.40. The van der Waals surface area contributed by atoms with Crippen LogP contribution in [0, 0.1) is 0 Å². The molecular weight excluding hydrogens is 174 g/mol. The highest BCUT2D eigenvalue weighted by molar-refractivity contribution is 5.38. The van der Waals surface area contributed by atoms with Gasteiger partial charge in [-0.3, -0.25) is 0 Å². The highest BCUT2D eigenvalue weighted by atomic mass is 16.5. The van der Waals surface area contributed by atoms with Crippen molar-refractivity contribution in [1.82, 2.24) is 0 Å². The Morgan fingerprint density at radius 2 is 2.07 bits per heavy atom. The lowest BCUT2D eigenvalue weighted by Crippen LogP contribution is -2.09. The van der Waals surface area contributed by atoms with Gasteiger partial charge in [0.2, 0.25) is 0 Å². The van der Waals surface area contributed by atoms with Gasteiger partial charge in [-0.05, 0) is 30.0 Å². The van der Waals surface area contributed by atoms with Gasteiger partial charge in [-0.15, -0.1) is 0 Å². The third kappa shape index (κ3) is 2.26. The van der Waals surface area contributed by atoms with Crippen LogP contribution in [0.25, 0.3) is 0 Å². The SMILES string of the molecule is CCc1cc(C(N)CC)ccc1OC. The maximum atomic E-state index is 5.97. The van der Waals surface area contributed by atoms with Crippen molar-refractivity contribution in [2.75, 3.05) is 7.11 Å². The Bertz CT molecular complexity index is 296. The fourth-order valence-electron chi connectivity index (χ4n) is 1.54. The van der Waals surface area contributed by atoms with E-state index in [2.05, 4.69) is 19.9 Å². The molecule has 2 heteroatoms. The molecular formula is C12H19NO. The Morgan fingerprint density at radius 3 is 2.57 bits per heavy atom. The minimum atomic E-state index is 0.145. The molecule has 0 radical (unpaired) electrons. The lowest BCUT2D eigenvalue weighted by molar-refractivity contribution is 0.409. The molecule has 0 saturated carbocycles. The van der Waals surface area contributed by atoms with Crippen molar-refractivity contribution >= 4 is 0 Å². The highest BCUT2D eigenvalue weighted by Gasteiger charge is 2.06. The van der Waals surface area contributed by atoms with Crippen LogP contribution in [0.4, 0.5) is 0 Å². The van der Waals surface area contributed by atoms with Crippen LogP contribution in [0.5, 0.6) is 5.75 Å². The van der Waals surface area contributed by atoms with Gasteiger partial charge in [0.25, 0.3) is 0 Å². The number of methoxy groups -OCH3 is 1. The predicted octanol–water partition coefficient (Wildman–Crippen LogP) is 2.67. The Balaban J connectivity index is 3.01. The molecule has 0 saturated heterocycles. The Kier molecular flexibility index (Phi) is 3.96. The quantitative estimate of drug-likeness (QED) is 0.798. The van der Waals surface area contributed by atoms with E-state index in [1.165, 1.54) is 11.1 Å². The van der Waals surface area contributed by atoms with E-state index in [4.69, 9.17) is 10.5 Å². The van der Waals surface area contributed by atoms with Gasteiger partial charge >= 0.3 is 0 Å². The first-order valence-corrected chi connectivity index (χ1v) is 5.15. The van der Waals surface area contributed by atoms with Crippen LogP contribution >= 0.6 is 0 Å². The Labute approximate surface area is 86.1 Å². The Morgan fingerprint density at radius 1 is 1.36 bits per heavy atom. The van der Waals surface area contributed by atoms with Gasteiger partial charge in [0.05, 0.1) is 7.11 Å². The molecule has 0 aliphatic carbocycles. The molecule has 0 bridgehead atoms. The van der Waals surface area contributed by atoms with Gasteiger partial charge < -0.3 is 10.5 Å². The van der Waals surface area contributed by atoms with Crippen molar-refractivity contribution in [3.8, 4) is 5.75 Å². The summed E-state index contributed by atoms with van der Waals surface area (Å²) in [7, 11) is 1.70. The normalized spacial score (nSPS) is 12.6. The molecule has 1 aromatic rings. The summed E-state index contributed by atoms with van der Waals surface area (Å²) in [6, 6.07) is 6.34. The number of aryl methyl sites for hydroxylation is 1. The van der Waals surface area contributed by atoms with E-state index in [1.807, 2.05) is 12.1 Å². The van der Waals surface area contributed by atoms with E-state index >= 15 is 0 Å². The van der Waals surface area contributed by atoms with Crippen LogP contribution in [-0.4, -0.2) is 7.11 Å². The summed E-state index contributed by atoms with van der Waals surface area (Å²) in [6.07, 6.45) is 1.95. The van der Waals surface area contributed by atoms with Crippen molar-refractivity contribution in [3.63, 3.8) is 0 Å². The maximum Gasteiger partial charge on any atom is 0.122 e. The summed E-state index contributed by atoms with van der Waals surface area (Å²) in [6.45, 7) is 4.22. The molecule has 0 aromatic heterocycles. The molecule has 1 atom stereocenters. The topological polar surface area (TPSA) is 35.2 Å². The lowest BCUT2D eigenvalue weighted by atomic mass is 10.0. The summed E-state index contributed by atoms with van der Waals surface area (Å²) in [5.74, 6) is 0.958. The van der Waals surface area contributed by atoms with Gasteiger partial charge in [0, 0.05) is 6.04 Å². The largest absolute Gasteiger partial charge is 0.496 e. The Hall–Kier alpha value is -1.02. The second-order valence-electron chi connectivity index (χ2n) is 3.44. The molecule has 0 aliphatic heterocycles. The molecule has 0 heterocycles. The molecule has 0 fully saturated rings. The molecule has 2 nitrogen and oxygen atoms in total. The first kappa shape index (κ1) is 11.1. The average Bonchev–Trinajstić information content (AvgIpc) is 2.26. The molecule has 0 amide bonds. The third-order valence-corrected chi connectivity index (χ3v) is 2.55. The number of ether oxygens (including phenoxy) is 1. The standard InChI is InChI=1S/C12H19NO/c1-4-9-8-10(11(13)5-2)6-7-12(9)14-3/h6-8,11H,4-5,13H2,1-3H3. The monoisotopic (exact) mass is 193 g/mol. The second kappa shape index (κ2) is 5.01. The van der Waals surface area contributed by atoms with Crippen LogP contribution in [0.3, 0.4) is 0 Å². The van der Waals surface area contributed by atoms with Gasteiger partial charge in [-0.25, -0.2) is 0 Å². The zero-order valence-corrected chi connectivity index (χ0v) is 9.21. The number of rotatable bonds is 4. The van der Waals surface area contributed by atoms with Gasteiger partial charge in [0.15, 0.2) is 0 Å². The molecule has 14 heavy (non-hydrogen) atoms. The van der Waals surface area contributed by atoms with E-state index in [1.54, 1.807) is 7.11 Å². The molecule has 78 valence electrons. The minimum Gasteiger partial charge on any atom is -0.496 e. The van der Waals surface area contributed by atoms with Gasteiger partial charge in [-0.1, -0.05) is 26.0 Å². The third-order valence-electron chi connectivity index (χ3n) is 2.55. The van der Waals surface area contributed by atoms with Crippen molar-refractivity contribution in [3.05, 3.63) is 29.3 Å². The number of hydrogen-bond acceptors (Lipinski definition) is 2. The average molecular weight is 193 g/mol. The smallest absolute Gasteiger partial charge is 0.122 e. The summed E-state index contributed by atoms with van der Waals surface area (Å²) >= 11 is 0. The van der Waals surface area contributed by atoms with E-state index in [0.717, 1.165) is 18.6 Å². The molecule has 0 aliphatic rings. The van der Waals surface area contributed by atoms with Crippen LogP contribution in [0.1, 0.15) is 37.4 Å². The fourth-order valence-corrected chi connectivity index (χ4v) is 1.54. The van der Waals surface area contributed by atoms with Crippen molar-refractivity contribution < 1.29 is 4.74 Å². The van der Waals surface area contributed by atoms with Crippen LogP contribution in [0.2, 0.25) is 0 Å².